The monoisotopic (exact) mass is 430 g/mol. The SMILES string of the molecule is O=C(NCC1(c2ccc(C(F)(F)F)cc2)CCCCC1)C1=CN(c2ncccn2)CC1. The summed E-state index contributed by atoms with van der Waals surface area (Å²) < 4.78 is 38.9. The lowest BCUT2D eigenvalue weighted by Crippen LogP contribution is -2.42. The molecule has 1 aromatic carbocycles. The minimum atomic E-state index is -4.35. The number of hydrogen-bond donors (Lipinski definition) is 1. The first-order valence-electron chi connectivity index (χ1n) is 10.6. The first-order valence-corrected chi connectivity index (χ1v) is 10.6. The summed E-state index contributed by atoms with van der Waals surface area (Å²) >= 11 is 0. The largest absolute Gasteiger partial charge is 0.416 e. The average molecular weight is 430 g/mol. The molecule has 4 rings (SSSR count). The predicted octanol–water partition coefficient (Wildman–Crippen LogP) is 4.61. The Bertz CT molecular complexity index is 936. The van der Waals surface area contributed by atoms with Gasteiger partial charge in [0.05, 0.1) is 5.56 Å². The van der Waals surface area contributed by atoms with E-state index in [-0.39, 0.29) is 11.3 Å². The van der Waals surface area contributed by atoms with E-state index in [0.717, 1.165) is 49.8 Å². The molecule has 0 atom stereocenters. The van der Waals surface area contributed by atoms with Gasteiger partial charge in [0.15, 0.2) is 0 Å². The number of aromatic nitrogens is 2. The third kappa shape index (κ3) is 4.73. The van der Waals surface area contributed by atoms with Crippen molar-refractivity contribution in [1.29, 1.82) is 0 Å². The summed E-state index contributed by atoms with van der Waals surface area (Å²) in [5.41, 5.74) is 0.538. The predicted molar refractivity (Wildman–Crippen MR) is 111 cm³/mol. The minimum Gasteiger partial charge on any atom is -0.351 e. The van der Waals surface area contributed by atoms with Crippen LogP contribution in [0.5, 0.6) is 0 Å². The Kier molecular flexibility index (Phi) is 5.98. The molecule has 5 nitrogen and oxygen atoms in total. The normalized spacial score (nSPS) is 18.5. The van der Waals surface area contributed by atoms with Crippen LogP contribution in [0, 0.1) is 0 Å². The molecule has 0 unspecified atom stereocenters. The van der Waals surface area contributed by atoms with E-state index in [2.05, 4.69) is 15.3 Å². The molecule has 2 heterocycles. The van der Waals surface area contributed by atoms with Crippen molar-refractivity contribution >= 4 is 11.9 Å². The number of nitrogens with one attached hydrogen (secondary N) is 1. The van der Waals surface area contributed by atoms with Crippen LogP contribution < -0.4 is 10.2 Å². The summed E-state index contributed by atoms with van der Waals surface area (Å²) in [5.74, 6) is 0.411. The van der Waals surface area contributed by atoms with Gasteiger partial charge in [0.1, 0.15) is 0 Å². The van der Waals surface area contributed by atoms with Gasteiger partial charge in [-0.25, -0.2) is 9.97 Å². The summed E-state index contributed by atoms with van der Waals surface area (Å²) in [4.78, 5) is 23.1. The quantitative estimate of drug-likeness (QED) is 0.753. The molecule has 2 aliphatic rings. The smallest absolute Gasteiger partial charge is 0.351 e. The topological polar surface area (TPSA) is 58.1 Å². The molecule has 1 N–H and O–H groups in total. The third-order valence-electron chi connectivity index (χ3n) is 6.26. The zero-order valence-electron chi connectivity index (χ0n) is 17.2. The number of benzene rings is 1. The van der Waals surface area contributed by atoms with E-state index in [4.69, 9.17) is 0 Å². The summed E-state index contributed by atoms with van der Waals surface area (Å²) in [7, 11) is 0. The van der Waals surface area contributed by atoms with Crippen molar-refractivity contribution in [2.24, 2.45) is 0 Å². The van der Waals surface area contributed by atoms with Gasteiger partial charge in [-0.3, -0.25) is 4.79 Å². The van der Waals surface area contributed by atoms with Gasteiger partial charge >= 0.3 is 6.18 Å². The fourth-order valence-electron chi connectivity index (χ4n) is 4.50. The standard InChI is InChI=1S/C23H25F3N4O/c24-23(25,26)19-7-5-18(6-8-19)22(10-2-1-3-11-22)16-29-20(31)17-9-14-30(15-17)21-27-12-4-13-28-21/h4-8,12-13,15H,1-3,9-11,14,16H2,(H,29,31). The van der Waals surface area contributed by atoms with E-state index < -0.39 is 11.7 Å². The molecule has 164 valence electrons. The molecule has 0 spiro atoms. The molecule has 1 amide bonds. The lowest BCUT2D eigenvalue weighted by atomic mass is 9.69. The molecule has 1 aromatic heterocycles. The first kappa shape index (κ1) is 21.3. The van der Waals surface area contributed by atoms with E-state index in [1.807, 2.05) is 4.90 Å². The van der Waals surface area contributed by atoms with Crippen LogP contribution in [0.3, 0.4) is 0 Å². The van der Waals surface area contributed by atoms with Crippen molar-refractivity contribution in [2.45, 2.75) is 50.1 Å². The van der Waals surface area contributed by atoms with E-state index in [1.165, 1.54) is 0 Å². The molecule has 31 heavy (non-hydrogen) atoms. The third-order valence-corrected chi connectivity index (χ3v) is 6.26. The van der Waals surface area contributed by atoms with E-state index in [1.54, 1.807) is 36.8 Å². The number of rotatable bonds is 5. The van der Waals surface area contributed by atoms with Gasteiger partial charge in [-0.15, -0.1) is 0 Å². The number of anilines is 1. The summed E-state index contributed by atoms with van der Waals surface area (Å²) in [6.45, 7) is 1.05. The molecule has 0 saturated heterocycles. The number of nitrogens with zero attached hydrogens (tertiary/aromatic N) is 3. The van der Waals surface area contributed by atoms with Crippen molar-refractivity contribution in [1.82, 2.24) is 15.3 Å². The zero-order chi connectivity index (χ0) is 21.9. The number of amides is 1. The summed E-state index contributed by atoms with van der Waals surface area (Å²) in [5, 5.41) is 3.05. The first-order chi connectivity index (χ1) is 14.9. The Labute approximate surface area is 179 Å². The van der Waals surface area contributed by atoms with Crippen LogP contribution in [-0.4, -0.2) is 29.0 Å². The van der Waals surface area contributed by atoms with Crippen LogP contribution in [0.25, 0.3) is 0 Å². The van der Waals surface area contributed by atoms with Crippen LogP contribution >= 0.6 is 0 Å². The van der Waals surface area contributed by atoms with Gasteiger partial charge in [-0.2, -0.15) is 13.2 Å². The van der Waals surface area contributed by atoms with Crippen molar-refractivity contribution < 1.29 is 18.0 Å². The van der Waals surface area contributed by atoms with Crippen molar-refractivity contribution in [3.63, 3.8) is 0 Å². The highest BCUT2D eigenvalue weighted by Crippen LogP contribution is 2.40. The summed E-state index contributed by atoms with van der Waals surface area (Å²) in [6, 6.07) is 7.17. The minimum absolute atomic E-state index is 0.143. The Morgan fingerprint density at radius 1 is 1.06 bits per heavy atom. The van der Waals surface area contributed by atoms with E-state index in [0.29, 0.717) is 31.0 Å². The molecule has 8 heteroatoms. The molecule has 0 bridgehead atoms. The molecule has 0 radical (unpaired) electrons. The van der Waals surface area contributed by atoms with Gasteiger partial charge in [-0.05, 0) is 43.0 Å². The fourth-order valence-corrected chi connectivity index (χ4v) is 4.50. The van der Waals surface area contributed by atoms with Crippen molar-refractivity contribution in [3.8, 4) is 0 Å². The Hall–Kier alpha value is -2.90. The molecule has 1 aliphatic carbocycles. The second-order valence-corrected chi connectivity index (χ2v) is 8.25. The van der Waals surface area contributed by atoms with Gasteiger partial charge in [0.2, 0.25) is 11.9 Å². The molecule has 1 aliphatic heterocycles. The van der Waals surface area contributed by atoms with Crippen LogP contribution in [-0.2, 0) is 16.4 Å². The van der Waals surface area contributed by atoms with Crippen LogP contribution in [0.4, 0.5) is 19.1 Å². The Balaban J connectivity index is 1.47. The molecule has 2 aromatic rings. The van der Waals surface area contributed by atoms with Gasteiger partial charge in [0, 0.05) is 42.7 Å². The lowest BCUT2D eigenvalue weighted by molar-refractivity contribution is -0.137. The lowest BCUT2D eigenvalue weighted by Gasteiger charge is -2.38. The number of hydrogen-bond acceptors (Lipinski definition) is 4. The number of carbonyl (C=O) groups is 1. The molecule has 1 saturated carbocycles. The number of alkyl halides is 3. The van der Waals surface area contributed by atoms with Gasteiger partial charge in [-0.1, -0.05) is 31.4 Å². The highest BCUT2D eigenvalue weighted by molar-refractivity contribution is 5.94. The molecular formula is C23H25F3N4O. The Morgan fingerprint density at radius 2 is 1.74 bits per heavy atom. The maximum absolute atomic E-state index is 13.0. The molecular weight excluding hydrogens is 405 g/mol. The van der Waals surface area contributed by atoms with Crippen molar-refractivity contribution in [2.75, 3.05) is 18.0 Å². The van der Waals surface area contributed by atoms with Crippen LogP contribution in [0.1, 0.15) is 49.7 Å². The van der Waals surface area contributed by atoms with Crippen LogP contribution in [0.2, 0.25) is 0 Å². The van der Waals surface area contributed by atoms with Gasteiger partial charge in [0.25, 0.3) is 0 Å². The maximum atomic E-state index is 13.0. The Morgan fingerprint density at radius 3 is 2.39 bits per heavy atom. The second-order valence-electron chi connectivity index (χ2n) is 8.25. The van der Waals surface area contributed by atoms with Crippen molar-refractivity contribution in [3.05, 3.63) is 65.6 Å². The second kappa shape index (κ2) is 8.69. The van der Waals surface area contributed by atoms with E-state index in [9.17, 15) is 18.0 Å². The highest BCUT2D eigenvalue weighted by Gasteiger charge is 2.36. The maximum Gasteiger partial charge on any atom is 0.416 e. The van der Waals surface area contributed by atoms with Gasteiger partial charge < -0.3 is 10.2 Å². The molecule has 1 fully saturated rings. The number of carbonyl (C=O) groups excluding carboxylic acids is 1. The van der Waals surface area contributed by atoms with E-state index >= 15 is 0 Å². The summed E-state index contributed by atoms with van der Waals surface area (Å²) in [6.07, 6.45) is 6.13. The number of halogens is 3. The average Bonchev–Trinajstić information content (AvgIpc) is 3.29. The highest BCUT2D eigenvalue weighted by atomic mass is 19.4. The fraction of sp³-hybridized carbons (Fsp3) is 0.435. The van der Waals surface area contributed by atoms with Crippen LogP contribution in [0.15, 0.2) is 54.5 Å². The zero-order valence-corrected chi connectivity index (χ0v) is 17.2.